The van der Waals surface area contributed by atoms with E-state index < -0.39 is 5.91 Å². The molecule has 2 aromatic carbocycles. The van der Waals surface area contributed by atoms with Crippen LogP contribution in [0.4, 0.5) is 11.4 Å². The van der Waals surface area contributed by atoms with Gasteiger partial charge in [0.15, 0.2) is 0 Å². The fourth-order valence-corrected chi connectivity index (χ4v) is 3.44. The lowest BCUT2D eigenvalue weighted by Crippen LogP contribution is -2.29. The maximum Gasteiger partial charge on any atom is 0.272 e. The lowest BCUT2D eigenvalue weighted by molar-refractivity contribution is 0.0961. The summed E-state index contributed by atoms with van der Waals surface area (Å²) in [5.74, 6) is -0.807. The molecule has 0 radical (unpaired) electrons. The van der Waals surface area contributed by atoms with Crippen LogP contribution in [-0.4, -0.2) is 16.8 Å². The van der Waals surface area contributed by atoms with Gasteiger partial charge in [0.1, 0.15) is 6.26 Å². The van der Waals surface area contributed by atoms with Crippen LogP contribution in [0.2, 0.25) is 10.0 Å². The van der Waals surface area contributed by atoms with Gasteiger partial charge in [-0.1, -0.05) is 41.4 Å². The molecule has 9 heteroatoms. The number of halogens is 2. The average molecular weight is 441 g/mol. The Balaban J connectivity index is 1.60. The van der Waals surface area contributed by atoms with Crippen molar-refractivity contribution in [3.05, 3.63) is 88.4 Å². The summed E-state index contributed by atoms with van der Waals surface area (Å²) in [6, 6.07) is 13.4. The van der Waals surface area contributed by atoms with Crippen molar-refractivity contribution in [2.75, 3.05) is 10.7 Å². The molecule has 0 aliphatic heterocycles. The fraction of sp³-hybridized carbons (Fsp3) is 0. The van der Waals surface area contributed by atoms with Crippen LogP contribution in [0.5, 0.6) is 0 Å². The van der Waals surface area contributed by atoms with Crippen molar-refractivity contribution in [3.63, 3.8) is 0 Å². The summed E-state index contributed by atoms with van der Waals surface area (Å²) in [5.41, 5.74) is 7.62. The molecule has 4 rings (SSSR count). The normalized spacial score (nSPS) is 10.6. The number of anilines is 2. The molecule has 150 valence electrons. The molecule has 0 atom stereocenters. The summed E-state index contributed by atoms with van der Waals surface area (Å²) < 4.78 is 4.91. The minimum absolute atomic E-state index is 0.180. The quantitative estimate of drug-likeness (QED) is 0.373. The molecule has 4 aromatic rings. The first-order chi connectivity index (χ1) is 14.5. The van der Waals surface area contributed by atoms with Crippen molar-refractivity contribution in [1.82, 2.24) is 10.4 Å². The Bertz CT molecular complexity index is 1220. The van der Waals surface area contributed by atoms with E-state index in [2.05, 4.69) is 21.2 Å². The molecule has 0 fully saturated rings. The number of aromatic nitrogens is 1. The van der Waals surface area contributed by atoms with Crippen LogP contribution in [0.1, 0.15) is 20.7 Å². The molecule has 0 aliphatic carbocycles. The minimum atomic E-state index is -0.452. The highest BCUT2D eigenvalue weighted by atomic mass is 35.5. The number of nitrogens with one attached hydrogen (secondary N) is 3. The van der Waals surface area contributed by atoms with Crippen molar-refractivity contribution in [1.29, 1.82) is 0 Å². The first-order valence-electron chi connectivity index (χ1n) is 8.76. The number of carbonyl (C=O) groups excluding carboxylic acids is 2. The molecule has 0 bridgehead atoms. The number of rotatable bonds is 5. The van der Waals surface area contributed by atoms with E-state index in [9.17, 15) is 9.59 Å². The van der Waals surface area contributed by atoms with Gasteiger partial charge in [0.05, 0.1) is 44.3 Å². The number of nitrogens with zero attached hydrogens (tertiary/aromatic N) is 1. The van der Waals surface area contributed by atoms with Gasteiger partial charge in [-0.2, -0.15) is 0 Å². The Morgan fingerprint density at radius 2 is 1.67 bits per heavy atom. The van der Waals surface area contributed by atoms with Crippen LogP contribution in [-0.2, 0) is 0 Å². The average Bonchev–Trinajstić information content (AvgIpc) is 3.27. The third-order valence-corrected chi connectivity index (χ3v) is 4.93. The zero-order valence-electron chi connectivity index (χ0n) is 15.3. The number of hydrogen-bond donors (Lipinski definition) is 3. The highest BCUT2D eigenvalue weighted by Gasteiger charge is 2.16. The molecule has 2 amide bonds. The Morgan fingerprint density at radius 3 is 2.40 bits per heavy atom. The van der Waals surface area contributed by atoms with E-state index in [1.165, 1.54) is 12.5 Å². The highest BCUT2D eigenvalue weighted by molar-refractivity contribution is 6.40. The fourth-order valence-electron chi connectivity index (χ4n) is 2.88. The molecule has 3 N–H and O–H groups in total. The van der Waals surface area contributed by atoms with Crippen molar-refractivity contribution >= 4 is 57.3 Å². The summed E-state index contributed by atoms with van der Waals surface area (Å²) in [6.45, 7) is 0. The van der Waals surface area contributed by atoms with E-state index in [0.717, 1.165) is 0 Å². The zero-order chi connectivity index (χ0) is 21.1. The van der Waals surface area contributed by atoms with Gasteiger partial charge >= 0.3 is 0 Å². The van der Waals surface area contributed by atoms with E-state index in [4.69, 9.17) is 27.6 Å². The number of amides is 2. The maximum atomic E-state index is 12.7. The van der Waals surface area contributed by atoms with Gasteiger partial charge in [-0.05, 0) is 30.3 Å². The Labute approximate surface area is 181 Å². The minimum Gasteiger partial charge on any atom is -0.472 e. The molecular weight excluding hydrogens is 427 g/mol. The third-order valence-electron chi connectivity index (χ3n) is 4.30. The maximum absolute atomic E-state index is 12.7. The molecular formula is C21H14Cl2N4O3. The van der Waals surface area contributed by atoms with Crippen LogP contribution in [0.15, 0.2) is 71.7 Å². The second-order valence-electron chi connectivity index (χ2n) is 6.20. The lowest BCUT2D eigenvalue weighted by atomic mass is 10.1. The van der Waals surface area contributed by atoms with Crippen molar-refractivity contribution in [2.45, 2.75) is 0 Å². The molecule has 0 aliphatic rings. The SMILES string of the molecule is O=C(NNc1ccnc2c(NC(=O)c3c(Cl)cccc3Cl)cccc12)c1ccoc1. The molecule has 30 heavy (non-hydrogen) atoms. The standard InChI is InChI=1S/C21H14Cl2N4O3/c22-14-4-2-5-15(23)18(14)21(29)25-17-6-1-3-13-16(7-9-24-19(13)17)26-27-20(28)12-8-10-30-11-12/h1-11H,(H,24,26)(H,25,29)(H,27,28). The number of carbonyl (C=O) groups is 2. The lowest BCUT2D eigenvalue weighted by Gasteiger charge is -2.13. The predicted molar refractivity (Wildman–Crippen MR) is 116 cm³/mol. The summed E-state index contributed by atoms with van der Waals surface area (Å²) in [6.07, 6.45) is 4.32. The van der Waals surface area contributed by atoms with E-state index in [1.807, 2.05) is 6.07 Å². The van der Waals surface area contributed by atoms with Crippen molar-refractivity contribution in [3.8, 4) is 0 Å². The van der Waals surface area contributed by atoms with E-state index in [-0.39, 0.29) is 21.5 Å². The molecule has 2 aromatic heterocycles. The monoisotopic (exact) mass is 440 g/mol. The smallest absolute Gasteiger partial charge is 0.272 e. The van der Waals surface area contributed by atoms with Gasteiger partial charge < -0.3 is 9.73 Å². The second kappa shape index (κ2) is 8.44. The molecule has 0 saturated carbocycles. The van der Waals surface area contributed by atoms with Crippen LogP contribution in [0.25, 0.3) is 10.9 Å². The van der Waals surface area contributed by atoms with Gasteiger partial charge in [-0.3, -0.25) is 25.4 Å². The third kappa shape index (κ3) is 3.94. The van der Waals surface area contributed by atoms with Crippen LogP contribution in [0, 0.1) is 0 Å². The number of hydrogen-bond acceptors (Lipinski definition) is 5. The number of para-hydroxylation sites is 1. The highest BCUT2D eigenvalue weighted by Crippen LogP contribution is 2.29. The summed E-state index contributed by atoms with van der Waals surface area (Å²) in [5, 5.41) is 3.98. The summed E-state index contributed by atoms with van der Waals surface area (Å²) in [4.78, 5) is 29.2. The van der Waals surface area contributed by atoms with E-state index >= 15 is 0 Å². The predicted octanol–water partition coefficient (Wildman–Crippen LogP) is 5.14. The number of fused-ring (bicyclic) bond motifs is 1. The molecule has 0 unspecified atom stereocenters. The second-order valence-corrected chi connectivity index (χ2v) is 7.02. The summed E-state index contributed by atoms with van der Waals surface area (Å²) in [7, 11) is 0. The molecule has 7 nitrogen and oxygen atoms in total. The van der Waals surface area contributed by atoms with Crippen molar-refractivity contribution < 1.29 is 14.0 Å². The van der Waals surface area contributed by atoms with Crippen molar-refractivity contribution in [2.24, 2.45) is 0 Å². The first kappa shape index (κ1) is 19.8. The van der Waals surface area contributed by atoms with E-state index in [1.54, 1.807) is 48.7 Å². The molecule has 0 spiro atoms. The Hall–Kier alpha value is -3.55. The van der Waals surface area contributed by atoms with Gasteiger partial charge in [0.25, 0.3) is 11.8 Å². The van der Waals surface area contributed by atoms with Gasteiger partial charge in [-0.15, -0.1) is 0 Å². The number of furan rings is 1. The Kier molecular flexibility index (Phi) is 5.56. The van der Waals surface area contributed by atoms with Crippen LogP contribution in [0.3, 0.4) is 0 Å². The summed E-state index contributed by atoms with van der Waals surface area (Å²) >= 11 is 12.3. The largest absolute Gasteiger partial charge is 0.472 e. The number of pyridine rings is 1. The molecule has 0 saturated heterocycles. The van der Waals surface area contributed by atoms with Gasteiger partial charge in [0.2, 0.25) is 0 Å². The zero-order valence-corrected chi connectivity index (χ0v) is 16.8. The number of hydrazine groups is 1. The van der Waals surface area contributed by atoms with Crippen LogP contribution < -0.4 is 16.2 Å². The van der Waals surface area contributed by atoms with Gasteiger partial charge in [0, 0.05) is 11.6 Å². The van der Waals surface area contributed by atoms with E-state index in [0.29, 0.717) is 27.8 Å². The van der Waals surface area contributed by atoms with Gasteiger partial charge in [-0.25, -0.2) is 0 Å². The van der Waals surface area contributed by atoms with Crippen LogP contribution >= 0.6 is 23.2 Å². The first-order valence-corrected chi connectivity index (χ1v) is 9.52. The topological polar surface area (TPSA) is 96.3 Å². The molecule has 2 heterocycles. The number of benzene rings is 2. The Morgan fingerprint density at radius 1 is 0.900 bits per heavy atom.